The van der Waals surface area contributed by atoms with Crippen LogP contribution in [0, 0.1) is 13.8 Å². The van der Waals surface area contributed by atoms with E-state index in [2.05, 4.69) is 4.98 Å². The second-order valence-corrected chi connectivity index (χ2v) is 6.60. The third-order valence-electron chi connectivity index (χ3n) is 4.60. The number of hydrogen-bond donors (Lipinski definition) is 1. The fraction of sp³-hybridized carbons (Fsp3) is 0.222. The molecule has 0 saturated heterocycles. The van der Waals surface area contributed by atoms with Gasteiger partial charge in [0, 0.05) is 24.6 Å². The van der Waals surface area contributed by atoms with Gasteiger partial charge in [0.05, 0.1) is 0 Å². The summed E-state index contributed by atoms with van der Waals surface area (Å²) in [6, 6.07) is 7.90. The van der Waals surface area contributed by atoms with Gasteiger partial charge in [0.25, 0.3) is 5.56 Å². The molecule has 2 N–H and O–H groups in total. The zero-order chi connectivity index (χ0) is 19.5. The van der Waals surface area contributed by atoms with Crippen LogP contribution < -0.4 is 17.0 Å². The summed E-state index contributed by atoms with van der Waals surface area (Å²) in [6.07, 6.45) is 1.79. The molecule has 138 valence electrons. The Morgan fingerprint density at radius 3 is 2.63 bits per heavy atom. The first kappa shape index (κ1) is 16.8. The van der Waals surface area contributed by atoms with E-state index in [1.54, 1.807) is 10.6 Å². The van der Waals surface area contributed by atoms with E-state index in [-0.39, 0.29) is 11.2 Å². The van der Waals surface area contributed by atoms with Crippen LogP contribution in [0.25, 0.3) is 22.6 Å². The van der Waals surface area contributed by atoms with Gasteiger partial charge in [0.1, 0.15) is 6.54 Å². The number of aryl methyl sites for hydroxylation is 3. The van der Waals surface area contributed by atoms with Gasteiger partial charge in [-0.3, -0.25) is 23.1 Å². The average Bonchev–Trinajstić information content (AvgIpc) is 3.11. The van der Waals surface area contributed by atoms with Crippen LogP contribution in [0.2, 0.25) is 0 Å². The monoisotopic (exact) mass is 366 g/mol. The zero-order valence-electron chi connectivity index (χ0n) is 15.1. The largest absolute Gasteiger partial charge is 0.368 e. The summed E-state index contributed by atoms with van der Waals surface area (Å²) < 4.78 is 5.64. The predicted octanol–water partition coefficient (Wildman–Crippen LogP) is 0.241. The molecular weight excluding hydrogens is 348 g/mol. The number of amides is 1. The van der Waals surface area contributed by atoms with Crippen molar-refractivity contribution in [2.24, 2.45) is 12.8 Å². The Balaban J connectivity index is 2.14. The molecule has 0 bridgehead atoms. The molecule has 27 heavy (non-hydrogen) atoms. The SMILES string of the molecule is Cc1cccc(-n2c(C)cn3c4c(=O)n(CC(N)=O)c(=O)n(C)c4nc23)c1. The van der Waals surface area contributed by atoms with E-state index in [9.17, 15) is 14.4 Å². The van der Waals surface area contributed by atoms with Crippen LogP contribution in [-0.2, 0) is 18.4 Å². The van der Waals surface area contributed by atoms with Gasteiger partial charge in [-0.05, 0) is 31.5 Å². The summed E-state index contributed by atoms with van der Waals surface area (Å²) in [4.78, 5) is 41.2. The van der Waals surface area contributed by atoms with E-state index >= 15 is 0 Å². The molecule has 4 rings (SSSR count). The smallest absolute Gasteiger partial charge is 0.332 e. The fourth-order valence-corrected chi connectivity index (χ4v) is 3.39. The summed E-state index contributed by atoms with van der Waals surface area (Å²) in [5.41, 5.74) is 7.30. The second-order valence-electron chi connectivity index (χ2n) is 6.60. The zero-order valence-corrected chi connectivity index (χ0v) is 15.1. The number of benzene rings is 1. The lowest BCUT2D eigenvalue weighted by molar-refractivity contribution is -0.118. The molecule has 1 amide bonds. The number of rotatable bonds is 3. The third-order valence-corrected chi connectivity index (χ3v) is 4.60. The number of aromatic nitrogens is 5. The standard InChI is InChI=1S/C18H18N6O3/c1-10-5-4-6-12(7-10)24-11(2)8-22-14-15(20-17(22)24)21(3)18(27)23(16(14)26)9-13(19)25/h4-8H,9H2,1-3H3,(H2,19,25). The Bertz CT molecular complexity index is 1350. The minimum Gasteiger partial charge on any atom is -0.368 e. The van der Waals surface area contributed by atoms with Crippen LogP contribution in [0.1, 0.15) is 11.3 Å². The van der Waals surface area contributed by atoms with Crippen molar-refractivity contribution < 1.29 is 4.79 Å². The number of nitrogens with zero attached hydrogens (tertiary/aromatic N) is 5. The highest BCUT2D eigenvalue weighted by atomic mass is 16.2. The van der Waals surface area contributed by atoms with Crippen molar-refractivity contribution in [1.82, 2.24) is 23.1 Å². The van der Waals surface area contributed by atoms with E-state index in [1.165, 1.54) is 11.6 Å². The van der Waals surface area contributed by atoms with Crippen molar-refractivity contribution in [3.63, 3.8) is 0 Å². The van der Waals surface area contributed by atoms with Crippen LogP contribution in [0.5, 0.6) is 0 Å². The molecule has 0 saturated carbocycles. The Labute approximate surface area is 152 Å². The first-order valence-corrected chi connectivity index (χ1v) is 8.35. The van der Waals surface area contributed by atoms with E-state index in [0.29, 0.717) is 5.78 Å². The Morgan fingerprint density at radius 2 is 1.96 bits per heavy atom. The lowest BCUT2D eigenvalue weighted by atomic mass is 10.2. The number of nitrogens with two attached hydrogens (primary N) is 1. The minimum atomic E-state index is -0.761. The summed E-state index contributed by atoms with van der Waals surface area (Å²) >= 11 is 0. The van der Waals surface area contributed by atoms with Gasteiger partial charge in [0.2, 0.25) is 11.7 Å². The molecule has 1 aromatic carbocycles. The Morgan fingerprint density at radius 1 is 1.22 bits per heavy atom. The van der Waals surface area contributed by atoms with Gasteiger partial charge in [-0.15, -0.1) is 0 Å². The first-order valence-electron chi connectivity index (χ1n) is 8.35. The highest BCUT2D eigenvalue weighted by Crippen LogP contribution is 2.21. The molecule has 0 spiro atoms. The van der Waals surface area contributed by atoms with Gasteiger partial charge >= 0.3 is 5.69 Å². The Kier molecular flexibility index (Phi) is 3.55. The minimum absolute atomic E-state index is 0.225. The van der Waals surface area contributed by atoms with Gasteiger partial charge in [-0.2, -0.15) is 4.98 Å². The maximum atomic E-state index is 12.9. The normalized spacial score (nSPS) is 11.5. The van der Waals surface area contributed by atoms with Crippen LogP contribution in [-0.4, -0.2) is 29.0 Å². The van der Waals surface area contributed by atoms with Crippen LogP contribution >= 0.6 is 0 Å². The topological polar surface area (TPSA) is 109 Å². The first-order chi connectivity index (χ1) is 12.8. The molecule has 0 fully saturated rings. The van der Waals surface area contributed by atoms with E-state index in [4.69, 9.17) is 5.73 Å². The maximum Gasteiger partial charge on any atom is 0.332 e. The quantitative estimate of drug-likeness (QED) is 0.560. The molecule has 0 aliphatic rings. The van der Waals surface area contributed by atoms with Crippen molar-refractivity contribution in [2.75, 3.05) is 0 Å². The Hall–Kier alpha value is -3.62. The maximum absolute atomic E-state index is 12.9. The molecule has 0 aliphatic heterocycles. The number of carbonyl (C=O) groups is 1. The van der Waals surface area contributed by atoms with Gasteiger partial charge < -0.3 is 5.73 Å². The van der Waals surface area contributed by atoms with E-state index in [0.717, 1.165) is 21.5 Å². The van der Waals surface area contributed by atoms with E-state index in [1.807, 2.05) is 42.7 Å². The third kappa shape index (κ3) is 2.39. The number of hydrogen-bond acceptors (Lipinski definition) is 4. The molecule has 9 nitrogen and oxygen atoms in total. The molecule has 0 atom stereocenters. The van der Waals surface area contributed by atoms with Crippen molar-refractivity contribution in [3.8, 4) is 5.69 Å². The number of fused-ring (bicyclic) bond motifs is 3. The van der Waals surface area contributed by atoms with Crippen LogP contribution in [0.15, 0.2) is 40.1 Å². The molecule has 0 unspecified atom stereocenters. The fourth-order valence-electron chi connectivity index (χ4n) is 3.39. The van der Waals surface area contributed by atoms with Gasteiger partial charge in [0.15, 0.2) is 11.2 Å². The average molecular weight is 366 g/mol. The van der Waals surface area contributed by atoms with Crippen molar-refractivity contribution in [3.05, 3.63) is 62.6 Å². The van der Waals surface area contributed by atoms with Crippen molar-refractivity contribution in [1.29, 1.82) is 0 Å². The van der Waals surface area contributed by atoms with Crippen LogP contribution in [0.4, 0.5) is 0 Å². The lowest BCUT2D eigenvalue weighted by Crippen LogP contribution is -2.42. The van der Waals surface area contributed by atoms with Gasteiger partial charge in [-0.1, -0.05) is 12.1 Å². The molecule has 3 heterocycles. The molecule has 4 aromatic rings. The van der Waals surface area contributed by atoms with Gasteiger partial charge in [-0.25, -0.2) is 9.36 Å². The summed E-state index contributed by atoms with van der Waals surface area (Å²) in [5.74, 6) is -0.250. The van der Waals surface area contributed by atoms with Crippen LogP contribution in [0.3, 0.4) is 0 Å². The lowest BCUT2D eigenvalue weighted by Gasteiger charge is -2.06. The summed E-state index contributed by atoms with van der Waals surface area (Å²) in [5, 5.41) is 0. The van der Waals surface area contributed by atoms with Crippen molar-refractivity contribution >= 4 is 22.8 Å². The van der Waals surface area contributed by atoms with Crippen molar-refractivity contribution in [2.45, 2.75) is 20.4 Å². The summed E-state index contributed by atoms with van der Waals surface area (Å²) in [7, 11) is 1.51. The number of carbonyl (C=O) groups excluding carboxylic acids is 1. The molecule has 0 aliphatic carbocycles. The van der Waals surface area contributed by atoms with E-state index < -0.39 is 23.7 Å². The molecule has 0 radical (unpaired) electrons. The second kappa shape index (κ2) is 5.70. The highest BCUT2D eigenvalue weighted by Gasteiger charge is 2.21. The number of imidazole rings is 2. The highest BCUT2D eigenvalue weighted by molar-refractivity contribution is 5.77. The molecule has 9 heteroatoms. The molecule has 3 aromatic heterocycles. The number of primary amides is 1. The summed E-state index contributed by atoms with van der Waals surface area (Å²) in [6.45, 7) is 3.42. The molecular formula is C18H18N6O3. The predicted molar refractivity (Wildman–Crippen MR) is 100 cm³/mol.